The molecule has 0 heterocycles. The molecule has 0 saturated heterocycles. The highest BCUT2D eigenvalue weighted by Crippen LogP contribution is 2.21. The Kier molecular flexibility index (Phi) is 7.86. The van der Waals surface area contributed by atoms with Crippen molar-refractivity contribution in [3.63, 3.8) is 0 Å². The van der Waals surface area contributed by atoms with Gasteiger partial charge in [0.2, 0.25) is 11.8 Å². The summed E-state index contributed by atoms with van der Waals surface area (Å²) in [5, 5.41) is 2.89. The lowest BCUT2D eigenvalue weighted by Gasteiger charge is -2.24. The van der Waals surface area contributed by atoms with Crippen molar-refractivity contribution in [1.82, 2.24) is 5.32 Å². The Bertz CT molecular complexity index is 725. The predicted molar refractivity (Wildman–Crippen MR) is 111 cm³/mol. The zero-order chi connectivity index (χ0) is 19.6. The van der Waals surface area contributed by atoms with E-state index in [1.54, 1.807) is 0 Å². The van der Waals surface area contributed by atoms with Crippen molar-refractivity contribution in [2.75, 3.05) is 36.0 Å². The molecule has 144 valence electrons. The molecule has 27 heavy (non-hydrogen) atoms. The number of carbonyl (C=O) groups excluding carboxylic acids is 2. The molecule has 2 aromatic carbocycles. The maximum Gasteiger partial charge on any atom is 0.240 e. The first-order valence-electron chi connectivity index (χ1n) is 9.48. The van der Waals surface area contributed by atoms with Gasteiger partial charge in [0, 0.05) is 37.9 Å². The van der Waals surface area contributed by atoms with Crippen LogP contribution in [0.15, 0.2) is 54.6 Å². The second-order valence-electron chi connectivity index (χ2n) is 6.38. The molecule has 0 fully saturated rings. The lowest BCUT2D eigenvalue weighted by Crippen LogP contribution is -2.40. The number of benzene rings is 2. The minimum absolute atomic E-state index is 0.0226. The monoisotopic (exact) mass is 367 g/mol. The third-order valence-electron chi connectivity index (χ3n) is 4.55. The summed E-state index contributed by atoms with van der Waals surface area (Å²) >= 11 is 0. The summed E-state index contributed by atoms with van der Waals surface area (Å²) in [4.78, 5) is 28.1. The second-order valence-corrected chi connectivity index (χ2v) is 6.38. The zero-order valence-electron chi connectivity index (χ0n) is 16.4. The Hall–Kier alpha value is -2.82. The van der Waals surface area contributed by atoms with Gasteiger partial charge in [-0.25, -0.2) is 0 Å². The number of amides is 2. The van der Waals surface area contributed by atoms with Gasteiger partial charge in [-0.05, 0) is 50.1 Å². The van der Waals surface area contributed by atoms with Gasteiger partial charge in [0.25, 0.3) is 0 Å². The van der Waals surface area contributed by atoms with E-state index in [1.807, 2.05) is 54.6 Å². The molecule has 0 aliphatic rings. The lowest BCUT2D eigenvalue weighted by atomic mass is 10.1. The van der Waals surface area contributed by atoms with E-state index in [0.29, 0.717) is 6.54 Å². The van der Waals surface area contributed by atoms with Crippen LogP contribution in [0.4, 0.5) is 11.4 Å². The molecule has 0 unspecified atom stereocenters. The summed E-state index contributed by atoms with van der Waals surface area (Å²) in [7, 11) is 0. The van der Waals surface area contributed by atoms with E-state index in [1.165, 1.54) is 17.4 Å². The number of anilines is 2. The summed E-state index contributed by atoms with van der Waals surface area (Å²) in [5.74, 6) is -0.308. The van der Waals surface area contributed by atoms with E-state index in [2.05, 4.69) is 24.1 Å². The molecule has 0 aromatic heterocycles. The van der Waals surface area contributed by atoms with Crippen molar-refractivity contribution < 1.29 is 9.59 Å². The normalized spacial score (nSPS) is 10.3. The molecule has 1 N–H and O–H groups in total. The number of nitrogens with zero attached hydrogens (tertiary/aromatic N) is 2. The summed E-state index contributed by atoms with van der Waals surface area (Å²) in [6.45, 7) is 8.13. The van der Waals surface area contributed by atoms with Gasteiger partial charge in [0.05, 0.1) is 0 Å². The predicted octanol–water partition coefficient (Wildman–Crippen LogP) is 3.24. The van der Waals surface area contributed by atoms with Gasteiger partial charge >= 0.3 is 0 Å². The molecule has 2 aromatic rings. The Balaban J connectivity index is 1.94. The van der Waals surface area contributed by atoms with Gasteiger partial charge in [0.1, 0.15) is 6.54 Å². The highest BCUT2D eigenvalue weighted by Gasteiger charge is 2.16. The van der Waals surface area contributed by atoms with Crippen molar-refractivity contribution in [1.29, 1.82) is 0 Å². The van der Waals surface area contributed by atoms with E-state index in [9.17, 15) is 9.59 Å². The van der Waals surface area contributed by atoms with Gasteiger partial charge in [-0.15, -0.1) is 0 Å². The van der Waals surface area contributed by atoms with Crippen molar-refractivity contribution in [3.05, 3.63) is 60.2 Å². The fourth-order valence-corrected chi connectivity index (χ4v) is 3.01. The van der Waals surface area contributed by atoms with Crippen LogP contribution >= 0.6 is 0 Å². The molecule has 5 heteroatoms. The molecule has 0 bridgehead atoms. The second kappa shape index (κ2) is 10.4. The summed E-state index contributed by atoms with van der Waals surface area (Å²) in [5.41, 5.74) is 3.02. The molecule has 0 spiro atoms. The van der Waals surface area contributed by atoms with Gasteiger partial charge in [-0.2, -0.15) is 0 Å². The molecular weight excluding hydrogens is 338 g/mol. The van der Waals surface area contributed by atoms with E-state index < -0.39 is 0 Å². The summed E-state index contributed by atoms with van der Waals surface area (Å²) < 4.78 is 0. The Morgan fingerprint density at radius 2 is 1.48 bits per heavy atom. The highest BCUT2D eigenvalue weighted by atomic mass is 16.2. The first-order chi connectivity index (χ1) is 13.0. The Morgan fingerprint density at radius 1 is 0.889 bits per heavy atom. The van der Waals surface area contributed by atoms with Crippen molar-refractivity contribution in [3.8, 4) is 0 Å². The van der Waals surface area contributed by atoms with Crippen LogP contribution in [0.3, 0.4) is 0 Å². The van der Waals surface area contributed by atoms with E-state index in [-0.39, 0.29) is 18.4 Å². The van der Waals surface area contributed by atoms with E-state index >= 15 is 0 Å². The van der Waals surface area contributed by atoms with Crippen LogP contribution in [-0.2, 0) is 16.0 Å². The first-order valence-corrected chi connectivity index (χ1v) is 9.48. The number of rotatable bonds is 9. The number of carbonyl (C=O) groups is 2. The fourth-order valence-electron chi connectivity index (χ4n) is 3.01. The van der Waals surface area contributed by atoms with Crippen LogP contribution in [-0.4, -0.2) is 38.0 Å². The molecule has 5 nitrogen and oxygen atoms in total. The smallest absolute Gasteiger partial charge is 0.240 e. The number of hydrogen-bond acceptors (Lipinski definition) is 3. The summed E-state index contributed by atoms with van der Waals surface area (Å²) in [6.07, 6.45) is 0.769. The van der Waals surface area contributed by atoms with Crippen LogP contribution in [0.1, 0.15) is 26.3 Å². The molecule has 0 saturated carbocycles. The topological polar surface area (TPSA) is 52.6 Å². The van der Waals surface area contributed by atoms with Gasteiger partial charge in [-0.1, -0.05) is 30.3 Å². The molecular formula is C22H29N3O2. The first kappa shape index (κ1) is 20.5. The van der Waals surface area contributed by atoms with Gasteiger partial charge in [0.15, 0.2) is 0 Å². The van der Waals surface area contributed by atoms with Gasteiger partial charge in [-0.3, -0.25) is 9.59 Å². The average Bonchev–Trinajstić information content (AvgIpc) is 2.68. The highest BCUT2D eigenvalue weighted by molar-refractivity contribution is 5.97. The molecule has 2 amide bonds. The van der Waals surface area contributed by atoms with Crippen molar-refractivity contribution in [2.45, 2.75) is 27.2 Å². The quantitative estimate of drug-likeness (QED) is 0.740. The Labute approximate surface area is 162 Å². The van der Waals surface area contributed by atoms with Gasteiger partial charge < -0.3 is 15.1 Å². The van der Waals surface area contributed by atoms with Crippen LogP contribution < -0.4 is 15.1 Å². The van der Waals surface area contributed by atoms with Crippen molar-refractivity contribution >= 4 is 23.2 Å². The molecule has 0 radical (unpaired) electrons. The van der Waals surface area contributed by atoms with Crippen LogP contribution in [0.25, 0.3) is 0 Å². The maximum absolute atomic E-state index is 12.3. The average molecular weight is 367 g/mol. The largest absolute Gasteiger partial charge is 0.372 e. The minimum Gasteiger partial charge on any atom is -0.372 e. The maximum atomic E-state index is 12.3. The SMILES string of the molecule is CCN(CC)c1ccc(N(CC(=O)NCCc2ccccc2)C(C)=O)cc1. The standard InChI is InChI=1S/C22H29N3O2/c1-4-24(5-2)20-11-13-21(14-12-20)25(18(3)26)17-22(27)23-16-15-19-9-7-6-8-10-19/h6-14H,4-5,15-17H2,1-3H3,(H,23,27). The zero-order valence-corrected chi connectivity index (χ0v) is 16.4. The van der Waals surface area contributed by atoms with Crippen molar-refractivity contribution in [2.24, 2.45) is 0 Å². The fraction of sp³-hybridized carbons (Fsp3) is 0.364. The molecule has 0 atom stereocenters. The van der Waals surface area contributed by atoms with Crippen LogP contribution in [0.5, 0.6) is 0 Å². The number of nitrogens with one attached hydrogen (secondary N) is 1. The third kappa shape index (κ3) is 6.13. The van der Waals surface area contributed by atoms with Crippen LogP contribution in [0, 0.1) is 0 Å². The third-order valence-corrected chi connectivity index (χ3v) is 4.55. The molecule has 0 aliphatic heterocycles. The summed E-state index contributed by atoms with van der Waals surface area (Å²) in [6, 6.07) is 17.8. The Morgan fingerprint density at radius 3 is 2.04 bits per heavy atom. The van der Waals surface area contributed by atoms with E-state index in [0.717, 1.165) is 30.9 Å². The van der Waals surface area contributed by atoms with E-state index in [4.69, 9.17) is 0 Å². The lowest BCUT2D eigenvalue weighted by molar-refractivity contribution is -0.123. The van der Waals surface area contributed by atoms with Crippen LogP contribution in [0.2, 0.25) is 0 Å². The molecule has 2 rings (SSSR count). The number of hydrogen-bond donors (Lipinski definition) is 1. The minimum atomic E-state index is -0.158. The molecule has 0 aliphatic carbocycles.